The van der Waals surface area contributed by atoms with Crippen molar-refractivity contribution in [3.63, 3.8) is 0 Å². The lowest BCUT2D eigenvalue weighted by Crippen LogP contribution is -2.35. The lowest BCUT2D eigenvalue weighted by atomic mass is 9.84. The van der Waals surface area contributed by atoms with Crippen LogP contribution in [0.4, 0.5) is 0 Å². The predicted molar refractivity (Wildman–Crippen MR) is 135 cm³/mol. The van der Waals surface area contributed by atoms with Crippen LogP contribution < -0.4 is 4.74 Å². The molecule has 0 bridgehead atoms. The molecule has 0 radical (unpaired) electrons. The molecule has 1 saturated heterocycles. The van der Waals surface area contributed by atoms with Crippen LogP contribution in [0.15, 0.2) is 36.4 Å². The van der Waals surface area contributed by atoms with Crippen molar-refractivity contribution < 1.29 is 14.6 Å². The van der Waals surface area contributed by atoms with Crippen LogP contribution in [0, 0.1) is 11.8 Å². The minimum atomic E-state index is -0.645. The number of ether oxygens (including phenoxy) is 1. The maximum Gasteiger partial charge on any atom is 0.306 e. The highest BCUT2D eigenvalue weighted by Gasteiger charge is 2.24. The van der Waals surface area contributed by atoms with Gasteiger partial charge in [-0.1, -0.05) is 57.2 Å². The molecule has 1 aliphatic heterocycles. The first kappa shape index (κ1) is 24.1. The number of benzene rings is 2. The van der Waals surface area contributed by atoms with E-state index in [1.807, 2.05) is 0 Å². The van der Waals surface area contributed by atoms with Crippen molar-refractivity contribution in [2.75, 3.05) is 13.1 Å². The molecular weight excluding hydrogens is 410 g/mol. The van der Waals surface area contributed by atoms with Crippen LogP contribution in [0.3, 0.4) is 0 Å². The molecule has 0 spiro atoms. The van der Waals surface area contributed by atoms with Crippen molar-refractivity contribution in [1.82, 2.24) is 4.90 Å². The molecule has 0 amide bonds. The fourth-order valence-corrected chi connectivity index (χ4v) is 5.63. The molecule has 0 aromatic heterocycles. The zero-order valence-electron chi connectivity index (χ0n) is 20.3. The molecule has 0 unspecified atom stereocenters. The number of likely N-dealkylation sites (tertiary alicyclic amines) is 1. The number of carboxylic acids is 1. The highest BCUT2D eigenvalue weighted by molar-refractivity contribution is 5.84. The number of carbonyl (C=O) groups is 1. The van der Waals surface area contributed by atoms with E-state index in [0.717, 1.165) is 44.1 Å². The monoisotopic (exact) mass is 451 g/mol. The van der Waals surface area contributed by atoms with Crippen LogP contribution in [-0.2, 0) is 11.3 Å². The molecule has 0 atom stereocenters. The maximum absolute atomic E-state index is 11.2. The molecule has 1 N–H and O–H groups in total. The highest BCUT2D eigenvalue weighted by Crippen LogP contribution is 2.32. The molecule has 2 fully saturated rings. The number of nitrogens with zero attached hydrogens (tertiary/aromatic N) is 1. The Kier molecular flexibility index (Phi) is 8.66. The molecule has 4 rings (SSSR count). The van der Waals surface area contributed by atoms with E-state index in [2.05, 4.69) is 48.2 Å². The first-order valence-corrected chi connectivity index (χ1v) is 13.2. The number of carboxylic acid groups (broad SMARTS) is 1. The van der Waals surface area contributed by atoms with Crippen LogP contribution in [0.2, 0.25) is 0 Å². The Morgan fingerprint density at radius 3 is 2.39 bits per heavy atom. The molecule has 2 aromatic carbocycles. The highest BCUT2D eigenvalue weighted by atomic mass is 16.5. The molecule has 2 aromatic rings. The number of fused-ring (bicyclic) bond motifs is 1. The molecule has 4 heteroatoms. The van der Waals surface area contributed by atoms with Gasteiger partial charge in [0.15, 0.2) is 0 Å². The molecule has 1 heterocycles. The number of rotatable bonds is 10. The Balaban J connectivity index is 1.26. The molecule has 1 aliphatic carbocycles. The van der Waals surface area contributed by atoms with Gasteiger partial charge in [0.2, 0.25) is 0 Å². The van der Waals surface area contributed by atoms with Gasteiger partial charge in [0.25, 0.3) is 0 Å². The predicted octanol–water partition coefficient (Wildman–Crippen LogP) is 7.04. The normalized spacial score (nSPS) is 22.5. The maximum atomic E-state index is 11.2. The van der Waals surface area contributed by atoms with Crippen molar-refractivity contribution >= 4 is 16.7 Å². The quantitative estimate of drug-likeness (QED) is 0.393. The van der Waals surface area contributed by atoms with E-state index in [1.54, 1.807) is 0 Å². The standard InChI is InChI=1S/C29H41NO3/c1-2-3-4-5-6-22-8-12-27(13-9-22)33-28-14-11-25-19-23(7-10-26(25)20-28)21-30-17-15-24(16-18-30)29(31)32/h7,10-11,14,19-20,22,24,27H,2-6,8-9,12-13,15-18,21H2,1H3,(H,31,32)/t22-,27-. The second-order valence-electron chi connectivity index (χ2n) is 10.3. The van der Waals surface area contributed by atoms with E-state index >= 15 is 0 Å². The second kappa shape index (κ2) is 11.9. The van der Waals surface area contributed by atoms with Gasteiger partial charge in [-0.2, -0.15) is 0 Å². The van der Waals surface area contributed by atoms with E-state index in [-0.39, 0.29) is 5.92 Å². The van der Waals surface area contributed by atoms with Crippen molar-refractivity contribution in [3.05, 3.63) is 42.0 Å². The number of unbranched alkanes of at least 4 members (excludes halogenated alkanes) is 3. The summed E-state index contributed by atoms with van der Waals surface area (Å²) in [6, 6.07) is 13.2. The average molecular weight is 452 g/mol. The first-order valence-electron chi connectivity index (χ1n) is 13.2. The molecular formula is C29H41NO3. The Hall–Kier alpha value is -2.07. The van der Waals surface area contributed by atoms with E-state index in [4.69, 9.17) is 4.74 Å². The van der Waals surface area contributed by atoms with Crippen molar-refractivity contribution in [1.29, 1.82) is 0 Å². The van der Waals surface area contributed by atoms with Crippen LogP contribution in [-0.4, -0.2) is 35.2 Å². The van der Waals surface area contributed by atoms with E-state index in [0.29, 0.717) is 6.10 Å². The van der Waals surface area contributed by atoms with Crippen molar-refractivity contribution in [2.45, 2.75) is 90.2 Å². The largest absolute Gasteiger partial charge is 0.490 e. The van der Waals surface area contributed by atoms with Gasteiger partial charge in [0.05, 0.1) is 12.0 Å². The minimum Gasteiger partial charge on any atom is -0.490 e. The number of hydrogen-bond donors (Lipinski definition) is 1. The topological polar surface area (TPSA) is 49.8 Å². The molecule has 2 aliphatic rings. The first-order chi connectivity index (χ1) is 16.1. The average Bonchev–Trinajstić information content (AvgIpc) is 2.83. The van der Waals surface area contributed by atoms with Crippen molar-refractivity contribution in [3.8, 4) is 5.75 Å². The van der Waals surface area contributed by atoms with Gasteiger partial charge < -0.3 is 9.84 Å². The Bertz CT molecular complexity index is 895. The van der Waals surface area contributed by atoms with E-state index in [9.17, 15) is 9.90 Å². The SMILES string of the molecule is CCCCCC[C@H]1CC[C@H](Oc2ccc3cc(CN4CCC(C(=O)O)CC4)ccc3c2)CC1. The van der Waals surface area contributed by atoms with E-state index in [1.165, 1.54) is 74.1 Å². The van der Waals surface area contributed by atoms with Gasteiger partial charge in [0, 0.05) is 6.54 Å². The van der Waals surface area contributed by atoms with Gasteiger partial charge in [-0.25, -0.2) is 0 Å². The number of piperidine rings is 1. The summed E-state index contributed by atoms with van der Waals surface area (Å²) in [5, 5.41) is 11.7. The zero-order valence-corrected chi connectivity index (χ0v) is 20.3. The Morgan fingerprint density at radius 1 is 0.939 bits per heavy atom. The van der Waals surface area contributed by atoms with Gasteiger partial charge >= 0.3 is 5.97 Å². The third kappa shape index (κ3) is 6.96. The summed E-state index contributed by atoms with van der Waals surface area (Å²) in [6.45, 7) is 4.90. The summed E-state index contributed by atoms with van der Waals surface area (Å²) in [5.74, 6) is 1.09. The Morgan fingerprint density at radius 2 is 1.67 bits per heavy atom. The zero-order chi connectivity index (χ0) is 23.0. The smallest absolute Gasteiger partial charge is 0.306 e. The van der Waals surface area contributed by atoms with Crippen LogP contribution in [0.1, 0.15) is 83.1 Å². The summed E-state index contributed by atoms with van der Waals surface area (Å²) in [7, 11) is 0. The summed E-state index contributed by atoms with van der Waals surface area (Å²) in [6.07, 6.45) is 13.8. The third-order valence-electron chi connectivity index (χ3n) is 7.78. The van der Waals surface area contributed by atoms with Gasteiger partial charge in [0.1, 0.15) is 5.75 Å². The summed E-state index contributed by atoms with van der Waals surface area (Å²) in [4.78, 5) is 13.5. The Labute approximate surface area is 199 Å². The minimum absolute atomic E-state index is 0.169. The fraction of sp³-hybridized carbons (Fsp3) is 0.621. The molecule has 1 saturated carbocycles. The summed E-state index contributed by atoms with van der Waals surface area (Å²) in [5.41, 5.74) is 1.29. The van der Waals surface area contributed by atoms with Crippen LogP contribution in [0.5, 0.6) is 5.75 Å². The van der Waals surface area contributed by atoms with Gasteiger partial charge in [-0.05, 0) is 92.1 Å². The summed E-state index contributed by atoms with van der Waals surface area (Å²) >= 11 is 0. The van der Waals surface area contributed by atoms with Crippen LogP contribution in [0.25, 0.3) is 10.8 Å². The van der Waals surface area contributed by atoms with Crippen molar-refractivity contribution in [2.24, 2.45) is 11.8 Å². The number of aliphatic carboxylic acids is 1. The molecule has 4 nitrogen and oxygen atoms in total. The summed E-state index contributed by atoms with van der Waals surface area (Å²) < 4.78 is 6.38. The van der Waals surface area contributed by atoms with Gasteiger partial charge in [-0.15, -0.1) is 0 Å². The lowest BCUT2D eigenvalue weighted by molar-refractivity contribution is -0.143. The van der Waals surface area contributed by atoms with E-state index < -0.39 is 5.97 Å². The fourth-order valence-electron chi connectivity index (χ4n) is 5.63. The van der Waals surface area contributed by atoms with Crippen LogP contribution >= 0.6 is 0 Å². The second-order valence-corrected chi connectivity index (χ2v) is 10.3. The third-order valence-corrected chi connectivity index (χ3v) is 7.78. The van der Waals surface area contributed by atoms with Gasteiger partial charge in [-0.3, -0.25) is 9.69 Å². The number of hydrogen-bond acceptors (Lipinski definition) is 3. The molecule has 180 valence electrons. The molecule has 33 heavy (non-hydrogen) atoms. The lowest BCUT2D eigenvalue weighted by Gasteiger charge is -2.30.